The summed E-state index contributed by atoms with van der Waals surface area (Å²) in [7, 11) is 2.29. The second-order valence-corrected chi connectivity index (χ2v) is 10.4. The van der Waals surface area contributed by atoms with E-state index in [1.165, 1.54) is 148 Å². The lowest BCUT2D eigenvalue weighted by Crippen LogP contribution is -2.53. The van der Waals surface area contributed by atoms with E-state index < -0.39 is 0 Å². The van der Waals surface area contributed by atoms with Crippen LogP contribution in [-0.4, -0.2) is 54.8 Å². The highest BCUT2D eigenvalue weighted by Gasteiger charge is 2.19. The van der Waals surface area contributed by atoms with Gasteiger partial charge < -0.3 is 0 Å². The molecule has 0 N–H and O–H groups in total. The maximum absolute atomic E-state index is 2.67. The number of hydrogen-bond donors (Lipinski definition) is 0. The predicted octanol–water partition coefficient (Wildman–Crippen LogP) is 8.25. The Morgan fingerprint density at radius 1 is 0.387 bits per heavy atom. The molecular weight excluding hydrogens is 378 g/mol. The van der Waals surface area contributed by atoms with Gasteiger partial charge in [-0.05, 0) is 19.9 Å². The van der Waals surface area contributed by atoms with E-state index in [0.717, 1.165) is 13.3 Å². The molecule has 0 saturated carbocycles. The van der Waals surface area contributed by atoms with Gasteiger partial charge in [0.05, 0.1) is 20.0 Å². The first kappa shape index (κ1) is 28.9. The van der Waals surface area contributed by atoms with Crippen molar-refractivity contribution in [3.63, 3.8) is 0 Å². The Labute approximate surface area is 197 Å². The van der Waals surface area contributed by atoms with Crippen molar-refractivity contribution in [2.45, 2.75) is 142 Å². The highest BCUT2D eigenvalue weighted by atomic mass is 15.5. The first-order valence-electron chi connectivity index (χ1n) is 14.4. The molecule has 1 aliphatic rings. The molecule has 1 rings (SSSR count). The van der Waals surface area contributed by atoms with Crippen LogP contribution in [0.1, 0.15) is 142 Å². The maximum atomic E-state index is 2.67. The largest absolute Gasteiger partial charge is 0.280 e. The molecular formula is C28H59N3. The van der Waals surface area contributed by atoms with Gasteiger partial charge in [0, 0.05) is 13.1 Å². The summed E-state index contributed by atoms with van der Waals surface area (Å²) in [5.41, 5.74) is 0. The smallest absolute Gasteiger partial charge is 0.0529 e. The molecule has 0 bridgehead atoms. The van der Waals surface area contributed by atoms with Crippen molar-refractivity contribution < 1.29 is 0 Å². The molecule has 0 aromatic carbocycles. The van der Waals surface area contributed by atoms with Gasteiger partial charge in [-0.15, -0.1) is 0 Å². The molecule has 0 aliphatic carbocycles. The zero-order chi connectivity index (χ0) is 22.4. The lowest BCUT2D eigenvalue weighted by molar-refractivity contribution is -0.0172. The summed E-state index contributed by atoms with van der Waals surface area (Å²) < 4.78 is 0. The van der Waals surface area contributed by atoms with Crippen LogP contribution in [0.4, 0.5) is 0 Å². The zero-order valence-corrected chi connectivity index (χ0v) is 22.0. The molecule has 3 nitrogen and oxygen atoms in total. The molecule has 1 aliphatic heterocycles. The maximum Gasteiger partial charge on any atom is 0.0529 e. The minimum Gasteiger partial charge on any atom is -0.280 e. The zero-order valence-electron chi connectivity index (χ0n) is 22.0. The predicted molar refractivity (Wildman–Crippen MR) is 139 cm³/mol. The topological polar surface area (TPSA) is 9.72 Å². The summed E-state index contributed by atoms with van der Waals surface area (Å²) in [5, 5.41) is 0. The molecule has 31 heavy (non-hydrogen) atoms. The van der Waals surface area contributed by atoms with Crippen LogP contribution in [0.2, 0.25) is 0 Å². The molecule has 1 heterocycles. The standard InChI is InChI=1S/C28H59N3/c1-4-6-8-10-12-14-16-18-20-22-24-30-26-29(3)27-31(28-30)25-23-21-19-17-15-13-11-9-7-5-2/h4-28H2,1-3H3. The van der Waals surface area contributed by atoms with E-state index in [-0.39, 0.29) is 0 Å². The fourth-order valence-electron chi connectivity index (χ4n) is 5.03. The summed E-state index contributed by atoms with van der Waals surface area (Å²) in [6.07, 6.45) is 28.7. The molecule has 1 saturated heterocycles. The Hall–Kier alpha value is -0.120. The molecule has 0 aromatic heterocycles. The number of hydrogen-bond acceptors (Lipinski definition) is 3. The second kappa shape index (κ2) is 21.7. The van der Waals surface area contributed by atoms with E-state index in [1.807, 2.05) is 0 Å². The van der Waals surface area contributed by atoms with Crippen molar-refractivity contribution in [1.82, 2.24) is 14.7 Å². The monoisotopic (exact) mass is 437 g/mol. The molecule has 0 unspecified atom stereocenters. The fourth-order valence-corrected chi connectivity index (χ4v) is 5.03. The van der Waals surface area contributed by atoms with E-state index in [0.29, 0.717) is 0 Å². The summed E-state index contributed by atoms with van der Waals surface area (Å²) in [4.78, 5) is 7.84. The molecule has 0 spiro atoms. The van der Waals surface area contributed by atoms with Gasteiger partial charge in [0.15, 0.2) is 0 Å². The van der Waals surface area contributed by atoms with Crippen LogP contribution in [0.15, 0.2) is 0 Å². The molecule has 1 fully saturated rings. The van der Waals surface area contributed by atoms with Gasteiger partial charge in [-0.1, -0.05) is 129 Å². The molecule has 0 aromatic rings. The third-order valence-electron chi connectivity index (χ3n) is 6.94. The summed E-state index contributed by atoms with van der Waals surface area (Å²) in [6.45, 7) is 10.7. The van der Waals surface area contributed by atoms with Crippen molar-refractivity contribution in [1.29, 1.82) is 0 Å². The van der Waals surface area contributed by atoms with Crippen LogP contribution in [0.3, 0.4) is 0 Å². The Bertz CT molecular complexity index is 328. The lowest BCUT2D eigenvalue weighted by Gasteiger charge is -2.40. The molecule has 0 radical (unpaired) electrons. The van der Waals surface area contributed by atoms with Gasteiger partial charge in [0.1, 0.15) is 0 Å². The summed E-state index contributed by atoms with van der Waals surface area (Å²) >= 11 is 0. The van der Waals surface area contributed by atoms with Gasteiger partial charge in [-0.25, -0.2) is 0 Å². The van der Waals surface area contributed by atoms with Crippen LogP contribution in [0, 0.1) is 0 Å². The summed E-state index contributed by atoms with van der Waals surface area (Å²) in [5.74, 6) is 0. The second-order valence-electron chi connectivity index (χ2n) is 10.4. The van der Waals surface area contributed by atoms with Crippen molar-refractivity contribution in [3.05, 3.63) is 0 Å². The van der Waals surface area contributed by atoms with Gasteiger partial charge in [-0.3, -0.25) is 14.7 Å². The molecule has 0 amide bonds. The van der Waals surface area contributed by atoms with Gasteiger partial charge in [0.25, 0.3) is 0 Å². The van der Waals surface area contributed by atoms with Gasteiger partial charge in [-0.2, -0.15) is 0 Å². The third kappa shape index (κ3) is 18.0. The van der Waals surface area contributed by atoms with Crippen molar-refractivity contribution in [2.24, 2.45) is 0 Å². The van der Waals surface area contributed by atoms with E-state index in [9.17, 15) is 0 Å². The van der Waals surface area contributed by atoms with Crippen LogP contribution in [-0.2, 0) is 0 Å². The average molecular weight is 438 g/mol. The third-order valence-corrected chi connectivity index (χ3v) is 6.94. The average Bonchev–Trinajstić information content (AvgIpc) is 2.76. The highest BCUT2D eigenvalue weighted by Crippen LogP contribution is 2.14. The molecule has 0 atom stereocenters. The first-order valence-corrected chi connectivity index (χ1v) is 14.4. The fraction of sp³-hybridized carbons (Fsp3) is 1.00. The SMILES string of the molecule is CCCCCCCCCCCCN1CN(C)CN(CCCCCCCCCCCC)C1. The summed E-state index contributed by atoms with van der Waals surface area (Å²) in [6, 6.07) is 0. The van der Waals surface area contributed by atoms with Crippen molar-refractivity contribution in [3.8, 4) is 0 Å². The number of rotatable bonds is 22. The quantitative estimate of drug-likeness (QED) is 0.158. The molecule has 186 valence electrons. The minimum absolute atomic E-state index is 1.16. The Morgan fingerprint density at radius 3 is 1.00 bits per heavy atom. The van der Waals surface area contributed by atoms with Crippen molar-refractivity contribution in [2.75, 3.05) is 40.1 Å². The lowest BCUT2D eigenvalue weighted by atomic mass is 10.1. The van der Waals surface area contributed by atoms with Gasteiger partial charge in [0.2, 0.25) is 0 Å². The van der Waals surface area contributed by atoms with Crippen LogP contribution in [0.25, 0.3) is 0 Å². The Balaban J connectivity index is 1.94. The normalized spacial score (nSPS) is 16.4. The van der Waals surface area contributed by atoms with E-state index in [1.54, 1.807) is 0 Å². The first-order chi connectivity index (χ1) is 15.3. The molecule has 3 heteroatoms. The van der Waals surface area contributed by atoms with Gasteiger partial charge >= 0.3 is 0 Å². The minimum atomic E-state index is 1.16. The van der Waals surface area contributed by atoms with Crippen LogP contribution in [0.5, 0.6) is 0 Å². The number of nitrogens with zero attached hydrogens (tertiary/aromatic N) is 3. The van der Waals surface area contributed by atoms with Crippen molar-refractivity contribution >= 4 is 0 Å². The van der Waals surface area contributed by atoms with Crippen LogP contribution < -0.4 is 0 Å². The van der Waals surface area contributed by atoms with E-state index in [4.69, 9.17) is 0 Å². The highest BCUT2D eigenvalue weighted by molar-refractivity contribution is 4.67. The Kier molecular flexibility index (Phi) is 20.2. The van der Waals surface area contributed by atoms with Crippen LogP contribution >= 0.6 is 0 Å². The Morgan fingerprint density at radius 2 is 0.677 bits per heavy atom. The number of unbranched alkanes of at least 4 members (excludes halogenated alkanes) is 18. The van der Waals surface area contributed by atoms with E-state index >= 15 is 0 Å². The van der Waals surface area contributed by atoms with E-state index in [2.05, 4.69) is 35.6 Å².